The number of halogens is 3. The number of benzene rings is 3. The summed E-state index contributed by atoms with van der Waals surface area (Å²) in [6.45, 7) is 0.370. The molecule has 202 valence electrons. The zero-order valence-corrected chi connectivity index (χ0v) is 21.1. The second kappa shape index (κ2) is 10.8. The number of fused-ring (bicyclic) bond motifs is 3. The summed E-state index contributed by atoms with van der Waals surface area (Å²) in [7, 11) is 1.55. The highest BCUT2D eigenvalue weighted by molar-refractivity contribution is 6.09. The zero-order valence-electron chi connectivity index (χ0n) is 21.1. The summed E-state index contributed by atoms with van der Waals surface area (Å²) in [6, 6.07) is 22.1. The summed E-state index contributed by atoms with van der Waals surface area (Å²) >= 11 is 0. The highest BCUT2D eigenvalue weighted by atomic mass is 19.4. The second-order valence-electron chi connectivity index (χ2n) is 9.33. The topological polar surface area (TPSA) is 72.8 Å². The van der Waals surface area contributed by atoms with Crippen LogP contribution in [0.4, 0.5) is 13.2 Å². The Morgan fingerprint density at radius 1 is 0.923 bits per heavy atom. The molecule has 3 aromatic carbocycles. The van der Waals surface area contributed by atoms with E-state index in [0.717, 1.165) is 10.9 Å². The molecule has 0 saturated carbocycles. The largest absolute Gasteiger partial charge is 0.573 e. The number of methoxy groups -OCH3 is 1. The normalized spacial score (nSPS) is 14.4. The molecule has 0 aliphatic carbocycles. The number of rotatable bonds is 9. The van der Waals surface area contributed by atoms with Crippen LogP contribution in [-0.4, -0.2) is 53.9 Å². The van der Waals surface area contributed by atoms with Crippen LogP contribution in [0.3, 0.4) is 0 Å². The first kappa shape index (κ1) is 26.3. The van der Waals surface area contributed by atoms with Gasteiger partial charge in [0.2, 0.25) is 0 Å². The van der Waals surface area contributed by atoms with Crippen molar-refractivity contribution in [1.29, 1.82) is 0 Å². The molecule has 39 heavy (non-hydrogen) atoms. The molecular formula is C29H26F3N3O4. The van der Waals surface area contributed by atoms with Crippen LogP contribution in [-0.2, 0) is 13.0 Å². The molecule has 5 rings (SSSR count). The van der Waals surface area contributed by atoms with Crippen molar-refractivity contribution in [2.75, 3.05) is 20.2 Å². The van der Waals surface area contributed by atoms with Gasteiger partial charge < -0.3 is 19.7 Å². The van der Waals surface area contributed by atoms with E-state index in [0.29, 0.717) is 23.3 Å². The van der Waals surface area contributed by atoms with Crippen LogP contribution in [0.25, 0.3) is 10.9 Å². The predicted molar refractivity (Wildman–Crippen MR) is 139 cm³/mol. The van der Waals surface area contributed by atoms with Crippen LogP contribution in [0.15, 0.2) is 78.9 Å². The first-order valence-corrected chi connectivity index (χ1v) is 12.3. The maximum absolute atomic E-state index is 13.5. The van der Waals surface area contributed by atoms with E-state index in [9.17, 15) is 22.8 Å². The third-order valence-corrected chi connectivity index (χ3v) is 6.58. The van der Waals surface area contributed by atoms with Crippen LogP contribution in [0.5, 0.6) is 11.5 Å². The van der Waals surface area contributed by atoms with Crippen molar-refractivity contribution < 1.29 is 32.2 Å². The number of ether oxygens (including phenoxy) is 2. The zero-order chi connectivity index (χ0) is 27.6. The van der Waals surface area contributed by atoms with Crippen molar-refractivity contribution >= 4 is 22.7 Å². The average Bonchev–Trinajstić information content (AvgIpc) is 3.29. The number of carbonyl (C=O) groups excluding carboxylic acids is 2. The Hall–Kier alpha value is -4.31. The Balaban J connectivity index is 1.36. The van der Waals surface area contributed by atoms with Crippen molar-refractivity contribution in [1.82, 2.24) is 14.8 Å². The number of amides is 1. The Labute approximate surface area is 222 Å². The SMILES string of the molecule is COc1ccc2c(c1)cc1n2C(=O)CN(C[C@H](Cc2ccccc2)NCc2cccc(OC(F)(F)F)c2)C1=O. The molecule has 0 fully saturated rings. The number of nitrogens with zero attached hydrogens (tertiary/aromatic N) is 2. The molecule has 1 atom stereocenters. The van der Waals surface area contributed by atoms with Gasteiger partial charge in [-0.15, -0.1) is 13.2 Å². The Morgan fingerprint density at radius 3 is 2.44 bits per heavy atom. The lowest BCUT2D eigenvalue weighted by atomic mass is 10.0. The van der Waals surface area contributed by atoms with Crippen molar-refractivity contribution in [3.8, 4) is 11.5 Å². The smallest absolute Gasteiger partial charge is 0.497 e. The third kappa shape index (κ3) is 6.06. The van der Waals surface area contributed by atoms with E-state index in [2.05, 4.69) is 10.1 Å². The number of hydrogen-bond acceptors (Lipinski definition) is 5. The molecule has 0 spiro atoms. The van der Waals surface area contributed by atoms with Gasteiger partial charge in [-0.05, 0) is 53.9 Å². The number of aromatic nitrogens is 1. The van der Waals surface area contributed by atoms with Crippen molar-refractivity contribution in [2.24, 2.45) is 0 Å². The molecule has 0 radical (unpaired) electrons. The van der Waals surface area contributed by atoms with Crippen LogP contribution in [0, 0.1) is 0 Å². The minimum atomic E-state index is -4.78. The summed E-state index contributed by atoms with van der Waals surface area (Å²) in [6.07, 6.45) is -4.24. The number of alkyl halides is 3. The summed E-state index contributed by atoms with van der Waals surface area (Å²) in [5, 5.41) is 4.09. The van der Waals surface area contributed by atoms with Crippen LogP contribution >= 0.6 is 0 Å². The molecule has 1 amide bonds. The molecule has 4 aromatic rings. The molecule has 7 nitrogen and oxygen atoms in total. The van der Waals surface area contributed by atoms with Gasteiger partial charge in [0.15, 0.2) is 0 Å². The highest BCUT2D eigenvalue weighted by Crippen LogP contribution is 2.28. The summed E-state index contributed by atoms with van der Waals surface area (Å²) in [5.41, 5.74) is 2.53. The molecule has 1 N–H and O–H groups in total. The fraction of sp³-hybridized carbons (Fsp3) is 0.241. The van der Waals surface area contributed by atoms with Gasteiger partial charge in [0.1, 0.15) is 23.7 Å². The third-order valence-electron chi connectivity index (χ3n) is 6.58. The van der Waals surface area contributed by atoms with Gasteiger partial charge >= 0.3 is 6.36 Å². The van der Waals surface area contributed by atoms with Gasteiger partial charge in [-0.25, -0.2) is 0 Å². The van der Waals surface area contributed by atoms with Gasteiger partial charge in [-0.3, -0.25) is 14.2 Å². The van der Waals surface area contributed by atoms with E-state index in [4.69, 9.17) is 4.74 Å². The van der Waals surface area contributed by atoms with Crippen molar-refractivity contribution in [2.45, 2.75) is 25.4 Å². The molecule has 0 saturated heterocycles. The molecule has 10 heteroatoms. The minimum absolute atomic E-state index is 0.0937. The maximum Gasteiger partial charge on any atom is 0.573 e. The number of hydrogen-bond donors (Lipinski definition) is 1. The Morgan fingerprint density at radius 2 is 1.69 bits per heavy atom. The lowest BCUT2D eigenvalue weighted by Crippen LogP contribution is -2.50. The van der Waals surface area contributed by atoms with Crippen molar-refractivity contribution in [3.05, 3.63) is 95.7 Å². The second-order valence-corrected chi connectivity index (χ2v) is 9.33. The molecule has 0 bridgehead atoms. The van der Waals surface area contributed by atoms with Gasteiger partial charge in [-0.1, -0.05) is 42.5 Å². The molecule has 2 heterocycles. The molecule has 1 aromatic heterocycles. The van der Waals surface area contributed by atoms with Gasteiger partial charge in [0.25, 0.3) is 11.8 Å². The van der Waals surface area contributed by atoms with E-state index in [-0.39, 0.29) is 48.9 Å². The first-order chi connectivity index (χ1) is 18.7. The molecule has 1 aliphatic heterocycles. The predicted octanol–water partition coefficient (Wildman–Crippen LogP) is 5.05. The number of carbonyl (C=O) groups is 2. The van der Waals surface area contributed by atoms with E-state index in [1.165, 1.54) is 27.7 Å². The molecule has 1 aliphatic rings. The van der Waals surface area contributed by atoms with Gasteiger partial charge in [0.05, 0.1) is 12.6 Å². The van der Waals surface area contributed by atoms with Crippen LogP contribution in [0.1, 0.15) is 26.4 Å². The lowest BCUT2D eigenvalue weighted by molar-refractivity contribution is -0.274. The number of nitrogens with one attached hydrogen (secondary N) is 1. The monoisotopic (exact) mass is 537 g/mol. The van der Waals surface area contributed by atoms with E-state index in [1.807, 2.05) is 30.3 Å². The van der Waals surface area contributed by atoms with Crippen LogP contribution in [0.2, 0.25) is 0 Å². The van der Waals surface area contributed by atoms with Crippen molar-refractivity contribution in [3.63, 3.8) is 0 Å². The Kier molecular flexibility index (Phi) is 7.30. The standard InChI is InChI=1S/C29H26F3N3O4/c1-38-23-10-11-25-21(14-23)15-26-28(37)34(18-27(36)35(25)26)17-22(12-19-6-3-2-4-7-19)33-16-20-8-5-9-24(13-20)39-29(30,31)32/h2-11,13-15,22,33H,12,16-18H2,1H3/t22-/m0/s1. The quantitative estimate of drug-likeness (QED) is 0.324. The molecular weight excluding hydrogens is 511 g/mol. The van der Waals surface area contributed by atoms with E-state index in [1.54, 1.807) is 37.4 Å². The Bertz CT molecular complexity index is 1500. The highest BCUT2D eigenvalue weighted by Gasteiger charge is 2.33. The lowest BCUT2D eigenvalue weighted by Gasteiger charge is -2.31. The first-order valence-electron chi connectivity index (χ1n) is 12.3. The van der Waals surface area contributed by atoms with Gasteiger partial charge in [-0.2, -0.15) is 0 Å². The summed E-state index contributed by atoms with van der Waals surface area (Å²) in [4.78, 5) is 28.2. The van der Waals surface area contributed by atoms with Gasteiger partial charge in [0, 0.05) is 24.5 Å². The minimum Gasteiger partial charge on any atom is -0.497 e. The van der Waals surface area contributed by atoms with E-state index < -0.39 is 6.36 Å². The van der Waals surface area contributed by atoms with E-state index >= 15 is 0 Å². The fourth-order valence-corrected chi connectivity index (χ4v) is 4.84. The maximum atomic E-state index is 13.5. The summed E-state index contributed by atoms with van der Waals surface area (Å²) < 4.78 is 48.7. The summed E-state index contributed by atoms with van der Waals surface area (Å²) in [5.74, 6) is -0.174. The average molecular weight is 538 g/mol. The molecule has 0 unspecified atom stereocenters. The fourth-order valence-electron chi connectivity index (χ4n) is 4.84. The van der Waals surface area contributed by atoms with Crippen LogP contribution < -0.4 is 14.8 Å².